The smallest absolute Gasteiger partial charge is 0.408 e. The summed E-state index contributed by atoms with van der Waals surface area (Å²) in [5.74, 6) is -1.29. The predicted molar refractivity (Wildman–Crippen MR) is 97.4 cm³/mol. The number of methoxy groups -OCH3 is 1. The van der Waals surface area contributed by atoms with Gasteiger partial charge >= 0.3 is 12.1 Å². The molecule has 1 amide bonds. The number of hydrogen-bond acceptors (Lipinski definition) is 5. The lowest BCUT2D eigenvalue weighted by Crippen LogP contribution is -2.45. The van der Waals surface area contributed by atoms with Crippen LogP contribution in [-0.4, -0.2) is 36.6 Å². The van der Waals surface area contributed by atoms with Gasteiger partial charge in [0.2, 0.25) is 0 Å². The zero-order valence-electron chi connectivity index (χ0n) is 15.1. The number of ether oxygens (including phenoxy) is 2. The molecule has 1 rings (SSSR count). The Bertz CT molecular complexity index is 621. The number of halogens is 1. The number of amides is 1. The third-order valence-electron chi connectivity index (χ3n) is 3.41. The van der Waals surface area contributed by atoms with Gasteiger partial charge in [0.05, 0.1) is 7.11 Å². The Hall–Kier alpha value is -1.89. The SMILES string of the molecule is COC(=O)C(CC(C(C)=O)c1ccc(Br)cc1)NC(=O)OC(C)(C)C. The first-order valence-corrected chi connectivity index (χ1v) is 8.66. The highest BCUT2D eigenvalue weighted by Crippen LogP contribution is 2.25. The van der Waals surface area contributed by atoms with E-state index in [1.807, 2.05) is 12.1 Å². The van der Waals surface area contributed by atoms with Crippen LogP contribution in [0.5, 0.6) is 0 Å². The molecule has 1 aromatic rings. The second-order valence-electron chi connectivity index (χ2n) is 6.67. The Morgan fingerprint density at radius 2 is 1.72 bits per heavy atom. The standard InChI is InChI=1S/C18H24BrNO5/c1-11(21)14(12-6-8-13(19)9-7-12)10-15(16(22)24-5)20-17(23)25-18(2,3)4/h6-9,14-15H,10H2,1-5H3,(H,20,23). The molecule has 1 aromatic carbocycles. The highest BCUT2D eigenvalue weighted by atomic mass is 79.9. The largest absolute Gasteiger partial charge is 0.467 e. The van der Waals surface area contributed by atoms with E-state index in [9.17, 15) is 14.4 Å². The molecule has 138 valence electrons. The third kappa shape index (κ3) is 7.25. The number of esters is 1. The normalized spacial score (nSPS) is 13.5. The predicted octanol–water partition coefficient (Wildman–Crippen LogP) is 3.58. The minimum absolute atomic E-state index is 0.0862. The average Bonchev–Trinajstić information content (AvgIpc) is 2.49. The maximum Gasteiger partial charge on any atom is 0.408 e. The molecule has 0 aromatic heterocycles. The fraction of sp³-hybridized carbons (Fsp3) is 0.500. The number of benzene rings is 1. The number of Topliss-reactive ketones (excluding diaryl/α,β-unsaturated/α-hetero) is 1. The summed E-state index contributed by atoms with van der Waals surface area (Å²) in [6, 6.07) is 6.26. The zero-order valence-corrected chi connectivity index (χ0v) is 16.7. The van der Waals surface area contributed by atoms with Crippen molar-refractivity contribution in [1.82, 2.24) is 5.32 Å². The van der Waals surface area contributed by atoms with E-state index in [1.165, 1.54) is 14.0 Å². The van der Waals surface area contributed by atoms with Crippen LogP contribution in [0.4, 0.5) is 4.79 Å². The van der Waals surface area contributed by atoms with E-state index in [0.717, 1.165) is 10.0 Å². The molecule has 0 aliphatic heterocycles. The van der Waals surface area contributed by atoms with Crippen LogP contribution in [0.1, 0.15) is 45.6 Å². The molecule has 0 aliphatic carbocycles. The Balaban J connectivity index is 2.97. The maximum absolute atomic E-state index is 12.1. The minimum Gasteiger partial charge on any atom is -0.467 e. The van der Waals surface area contributed by atoms with Crippen molar-refractivity contribution < 1.29 is 23.9 Å². The molecule has 0 saturated carbocycles. The van der Waals surface area contributed by atoms with Gasteiger partial charge in [-0.15, -0.1) is 0 Å². The lowest BCUT2D eigenvalue weighted by molar-refractivity contribution is -0.143. The van der Waals surface area contributed by atoms with Gasteiger partial charge in [-0.05, 0) is 51.8 Å². The van der Waals surface area contributed by atoms with Crippen molar-refractivity contribution in [3.05, 3.63) is 34.3 Å². The van der Waals surface area contributed by atoms with Crippen molar-refractivity contribution in [2.24, 2.45) is 0 Å². The van der Waals surface area contributed by atoms with Crippen LogP contribution in [0.2, 0.25) is 0 Å². The van der Waals surface area contributed by atoms with Gasteiger partial charge in [-0.25, -0.2) is 9.59 Å². The second kappa shape index (κ2) is 8.99. The number of hydrogen-bond donors (Lipinski definition) is 1. The van der Waals surface area contributed by atoms with Crippen molar-refractivity contribution >= 4 is 33.8 Å². The van der Waals surface area contributed by atoms with Crippen molar-refractivity contribution in [2.45, 2.75) is 51.7 Å². The third-order valence-corrected chi connectivity index (χ3v) is 3.94. The summed E-state index contributed by atoms with van der Waals surface area (Å²) >= 11 is 3.34. The van der Waals surface area contributed by atoms with Gasteiger partial charge in [0.1, 0.15) is 17.4 Å². The van der Waals surface area contributed by atoms with Crippen LogP contribution in [0.3, 0.4) is 0 Å². The van der Waals surface area contributed by atoms with E-state index in [1.54, 1.807) is 32.9 Å². The second-order valence-corrected chi connectivity index (χ2v) is 7.59. The summed E-state index contributed by atoms with van der Waals surface area (Å²) in [6.45, 7) is 6.62. The molecular formula is C18H24BrNO5. The summed E-state index contributed by atoms with van der Waals surface area (Å²) < 4.78 is 10.8. The molecule has 2 atom stereocenters. The maximum atomic E-state index is 12.1. The average molecular weight is 414 g/mol. The lowest BCUT2D eigenvalue weighted by atomic mass is 9.89. The van der Waals surface area contributed by atoms with E-state index in [2.05, 4.69) is 21.2 Å². The van der Waals surface area contributed by atoms with Gasteiger partial charge in [-0.2, -0.15) is 0 Å². The topological polar surface area (TPSA) is 81.7 Å². The first kappa shape index (κ1) is 21.2. The Morgan fingerprint density at radius 1 is 1.16 bits per heavy atom. The highest BCUT2D eigenvalue weighted by Gasteiger charge is 2.30. The molecule has 0 spiro atoms. The lowest BCUT2D eigenvalue weighted by Gasteiger charge is -2.24. The van der Waals surface area contributed by atoms with Gasteiger partial charge in [-0.3, -0.25) is 4.79 Å². The van der Waals surface area contributed by atoms with E-state index < -0.39 is 29.6 Å². The fourth-order valence-electron chi connectivity index (χ4n) is 2.27. The summed E-state index contributed by atoms with van der Waals surface area (Å²) in [5, 5.41) is 2.49. The summed E-state index contributed by atoms with van der Waals surface area (Å²) in [5.41, 5.74) is 0.0618. The molecule has 0 radical (unpaired) electrons. The number of carbonyl (C=O) groups excluding carboxylic acids is 3. The van der Waals surface area contributed by atoms with Gasteiger partial charge < -0.3 is 14.8 Å². The Morgan fingerprint density at radius 3 is 2.16 bits per heavy atom. The van der Waals surface area contributed by atoms with Crippen LogP contribution in [0, 0.1) is 0 Å². The van der Waals surface area contributed by atoms with E-state index in [4.69, 9.17) is 9.47 Å². The molecule has 0 fully saturated rings. The van der Waals surface area contributed by atoms with Gasteiger partial charge in [0.15, 0.2) is 0 Å². The Labute approximate surface area is 156 Å². The van der Waals surface area contributed by atoms with Crippen molar-refractivity contribution in [1.29, 1.82) is 0 Å². The molecule has 0 aliphatic rings. The minimum atomic E-state index is -0.989. The monoisotopic (exact) mass is 413 g/mol. The Kier molecular flexibility index (Phi) is 7.60. The summed E-state index contributed by atoms with van der Waals surface area (Å²) in [6.07, 6.45) is -0.649. The number of ketones is 1. The number of nitrogens with one attached hydrogen (secondary N) is 1. The molecule has 7 heteroatoms. The zero-order chi connectivity index (χ0) is 19.2. The highest BCUT2D eigenvalue weighted by molar-refractivity contribution is 9.10. The molecule has 0 heterocycles. The quantitative estimate of drug-likeness (QED) is 0.720. The fourth-order valence-corrected chi connectivity index (χ4v) is 2.54. The van der Waals surface area contributed by atoms with Crippen LogP contribution in [-0.2, 0) is 19.1 Å². The van der Waals surface area contributed by atoms with E-state index in [-0.39, 0.29) is 12.2 Å². The molecule has 0 bridgehead atoms. The number of alkyl carbamates (subject to hydrolysis) is 1. The number of carbonyl (C=O) groups is 3. The van der Waals surface area contributed by atoms with Crippen molar-refractivity contribution in [3.8, 4) is 0 Å². The summed E-state index contributed by atoms with van der Waals surface area (Å²) in [7, 11) is 1.23. The first-order valence-electron chi connectivity index (χ1n) is 7.86. The molecule has 6 nitrogen and oxygen atoms in total. The molecule has 1 N–H and O–H groups in total. The molecule has 25 heavy (non-hydrogen) atoms. The molecule has 0 saturated heterocycles. The molecular weight excluding hydrogens is 390 g/mol. The number of rotatable bonds is 6. The van der Waals surface area contributed by atoms with Gasteiger partial charge in [-0.1, -0.05) is 28.1 Å². The van der Waals surface area contributed by atoms with Crippen molar-refractivity contribution in [3.63, 3.8) is 0 Å². The summed E-state index contributed by atoms with van der Waals surface area (Å²) in [4.78, 5) is 36.1. The molecule has 2 unspecified atom stereocenters. The van der Waals surface area contributed by atoms with Crippen LogP contribution < -0.4 is 5.32 Å². The van der Waals surface area contributed by atoms with E-state index >= 15 is 0 Å². The van der Waals surface area contributed by atoms with Gasteiger partial charge in [0.25, 0.3) is 0 Å². The van der Waals surface area contributed by atoms with Crippen molar-refractivity contribution in [2.75, 3.05) is 7.11 Å². The van der Waals surface area contributed by atoms with Crippen LogP contribution in [0.25, 0.3) is 0 Å². The van der Waals surface area contributed by atoms with E-state index in [0.29, 0.717) is 0 Å². The van der Waals surface area contributed by atoms with Crippen LogP contribution >= 0.6 is 15.9 Å². The van der Waals surface area contributed by atoms with Gasteiger partial charge in [0, 0.05) is 10.4 Å². The van der Waals surface area contributed by atoms with Crippen LogP contribution in [0.15, 0.2) is 28.7 Å². The first-order chi connectivity index (χ1) is 11.5.